The van der Waals surface area contributed by atoms with Crippen LogP contribution in [0.15, 0.2) is 24.3 Å². The molecule has 0 aliphatic heterocycles. The van der Waals surface area contributed by atoms with Crippen LogP contribution in [0.1, 0.15) is 31.9 Å². The van der Waals surface area contributed by atoms with Gasteiger partial charge in [-0.1, -0.05) is 37.6 Å². The minimum absolute atomic E-state index is 0.411. The van der Waals surface area contributed by atoms with Gasteiger partial charge in [-0.3, -0.25) is 0 Å². The van der Waals surface area contributed by atoms with E-state index in [0.29, 0.717) is 12.0 Å². The fourth-order valence-corrected chi connectivity index (χ4v) is 1.81. The Labute approximate surface area is 91.5 Å². The molecule has 0 aliphatic carbocycles. The van der Waals surface area contributed by atoms with E-state index in [2.05, 4.69) is 25.2 Å². The fraction of sp³-hybridized carbons (Fsp3) is 0.500. The molecule has 1 nitrogen and oxygen atoms in total. The lowest BCUT2D eigenvalue weighted by Crippen LogP contribution is -2.18. The summed E-state index contributed by atoms with van der Waals surface area (Å²) >= 11 is 5.95. The average molecular weight is 212 g/mol. The van der Waals surface area contributed by atoms with Crippen LogP contribution in [0.2, 0.25) is 5.02 Å². The summed E-state index contributed by atoms with van der Waals surface area (Å²) in [6, 6.07) is 8.48. The van der Waals surface area contributed by atoms with Gasteiger partial charge in [-0.2, -0.15) is 0 Å². The first-order valence-electron chi connectivity index (χ1n) is 5.06. The van der Waals surface area contributed by atoms with E-state index in [1.54, 1.807) is 0 Å². The Morgan fingerprint density at radius 2 is 2.07 bits per heavy atom. The Morgan fingerprint density at radius 1 is 1.36 bits per heavy atom. The molecule has 0 aromatic heterocycles. The molecule has 0 spiro atoms. The van der Waals surface area contributed by atoms with Crippen molar-refractivity contribution < 1.29 is 0 Å². The summed E-state index contributed by atoms with van der Waals surface area (Å²) in [5.41, 5.74) is 1.27. The van der Waals surface area contributed by atoms with Gasteiger partial charge in [0.25, 0.3) is 0 Å². The summed E-state index contributed by atoms with van der Waals surface area (Å²) in [7, 11) is 1.99. The number of hydrogen-bond donors (Lipinski definition) is 1. The fourth-order valence-electron chi connectivity index (χ4n) is 1.62. The molecule has 0 bridgehead atoms. The van der Waals surface area contributed by atoms with E-state index >= 15 is 0 Å². The molecular formula is C12H18ClN. The number of benzene rings is 1. The second kappa shape index (κ2) is 5.38. The Hall–Kier alpha value is -0.530. The number of nitrogens with one attached hydrogen (secondary N) is 1. The first-order valence-corrected chi connectivity index (χ1v) is 5.44. The second-order valence-corrected chi connectivity index (χ2v) is 4.46. The molecule has 78 valence electrons. The van der Waals surface area contributed by atoms with Gasteiger partial charge in [0, 0.05) is 11.1 Å². The molecule has 1 aromatic rings. The molecule has 2 heteroatoms. The minimum Gasteiger partial charge on any atom is -0.313 e. The minimum atomic E-state index is 0.411. The number of hydrogen-bond acceptors (Lipinski definition) is 1. The summed E-state index contributed by atoms with van der Waals surface area (Å²) in [5, 5.41) is 4.13. The van der Waals surface area contributed by atoms with Crippen LogP contribution in [0, 0.1) is 5.92 Å². The molecule has 0 fully saturated rings. The van der Waals surface area contributed by atoms with E-state index in [4.69, 9.17) is 11.6 Å². The predicted molar refractivity (Wildman–Crippen MR) is 62.7 cm³/mol. The monoisotopic (exact) mass is 211 g/mol. The lowest BCUT2D eigenvalue weighted by molar-refractivity contribution is 0.457. The zero-order valence-corrected chi connectivity index (χ0v) is 9.81. The van der Waals surface area contributed by atoms with Gasteiger partial charge >= 0.3 is 0 Å². The van der Waals surface area contributed by atoms with Crippen molar-refractivity contribution in [3.8, 4) is 0 Å². The molecule has 0 heterocycles. The Kier molecular flexibility index (Phi) is 4.43. The van der Waals surface area contributed by atoms with E-state index in [0.717, 1.165) is 11.4 Å². The van der Waals surface area contributed by atoms with Crippen LogP contribution in [0.5, 0.6) is 0 Å². The molecule has 0 saturated heterocycles. The third-order valence-corrected chi connectivity index (χ3v) is 2.54. The average Bonchev–Trinajstić information content (AvgIpc) is 2.14. The van der Waals surface area contributed by atoms with Crippen LogP contribution in [0.25, 0.3) is 0 Å². The van der Waals surface area contributed by atoms with E-state index < -0.39 is 0 Å². The van der Waals surface area contributed by atoms with Crippen LogP contribution >= 0.6 is 11.6 Å². The van der Waals surface area contributed by atoms with Crippen molar-refractivity contribution in [3.05, 3.63) is 34.9 Å². The van der Waals surface area contributed by atoms with Gasteiger partial charge in [0.05, 0.1) is 0 Å². The highest BCUT2D eigenvalue weighted by Crippen LogP contribution is 2.23. The van der Waals surface area contributed by atoms with E-state index in [1.807, 2.05) is 25.2 Å². The van der Waals surface area contributed by atoms with Gasteiger partial charge in [0.1, 0.15) is 0 Å². The van der Waals surface area contributed by atoms with Crippen molar-refractivity contribution >= 4 is 11.6 Å². The highest BCUT2D eigenvalue weighted by Gasteiger charge is 2.10. The van der Waals surface area contributed by atoms with Gasteiger partial charge in [-0.15, -0.1) is 0 Å². The van der Waals surface area contributed by atoms with Crippen molar-refractivity contribution in [2.24, 2.45) is 5.92 Å². The molecule has 1 N–H and O–H groups in total. The van der Waals surface area contributed by atoms with Gasteiger partial charge in [-0.25, -0.2) is 0 Å². The highest BCUT2D eigenvalue weighted by atomic mass is 35.5. The highest BCUT2D eigenvalue weighted by molar-refractivity contribution is 6.30. The molecule has 1 rings (SSSR count). The van der Waals surface area contributed by atoms with E-state index in [-0.39, 0.29) is 0 Å². The third-order valence-electron chi connectivity index (χ3n) is 2.31. The zero-order valence-electron chi connectivity index (χ0n) is 9.05. The Balaban J connectivity index is 2.78. The predicted octanol–water partition coefficient (Wildman–Crippen LogP) is 3.65. The van der Waals surface area contributed by atoms with Crippen molar-refractivity contribution in [1.29, 1.82) is 0 Å². The number of rotatable bonds is 4. The smallest absolute Gasteiger partial charge is 0.0409 e. The van der Waals surface area contributed by atoms with Crippen molar-refractivity contribution in [2.75, 3.05) is 7.05 Å². The summed E-state index contributed by atoms with van der Waals surface area (Å²) in [6.45, 7) is 4.46. The molecule has 0 amide bonds. The molecule has 1 atom stereocenters. The Morgan fingerprint density at radius 3 is 2.57 bits per heavy atom. The molecule has 0 radical (unpaired) electrons. The molecule has 1 unspecified atom stereocenters. The molecule has 14 heavy (non-hydrogen) atoms. The van der Waals surface area contributed by atoms with Gasteiger partial charge in [0.2, 0.25) is 0 Å². The number of halogens is 1. The van der Waals surface area contributed by atoms with Crippen molar-refractivity contribution in [2.45, 2.75) is 26.3 Å². The third kappa shape index (κ3) is 3.32. The SMILES string of the molecule is CNC(CC(C)C)c1cccc(Cl)c1. The maximum Gasteiger partial charge on any atom is 0.0409 e. The van der Waals surface area contributed by atoms with E-state index in [1.165, 1.54) is 5.56 Å². The quantitative estimate of drug-likeness (QED) is 0.802. The largest absolute Gasteiger partial charge is 0.313 e. The van der Waals surface area contributed by atoms with Crippen molar-refractivity contribution in [1.82, 2.24) is 5.32 Å². The summed E-state index contributed by atoms with van der Waals surface area (Å²) in [6.07, 6.45) is 1.14. The van der Waals surface area contributed by atoms with E-state index in [9.17, 15) is 0 Å². The molecule has 1 aromatic carbocycles. The van der Waals surface area contributed by atoms with Gasteiger partial charge < -0.3 is 5.32 Å². The van der Waals surface area contributed by atoms with Gasteiger partial charge in [0.15, 0.2) is 0 Å². The first-order chi connectivity index (χ1) is 6.63. The summed E-state index contributed by atoms with van der Waals surface area (Å²) in [4.78, 5) is 0. The molecule has 0 aliphatic rings. The van der Waals surface area contributed by atoms with Crippen LogP contribution in [0.3, 0.4) is 0 Å². The van der Waals surface area contributed by atoms with Crippen molar-refractivity contribution in [3.63, 3.8) is 0 Å². The summed E-state index contributed by atoms with van der Waals surface area (Å²) in [5.74, 6) is 0.687. The summed E-state index contributed by atoms with van der Waals surface area (Å²) < 4.78 is 0. The lowest BCUT2D eigenvalue weighted by Gasteiger charge is -2.18. The standard InChI is InChI=1S/C12H18ClN/c1-9(2)7-12(14-3)10-5-4-6-11(13)8-10/h4-6,8-9,12,14H,7H2,1-3H3. The van der Waals surface area contributed by atoms with Crippen LogP contribution in [-0.2, 0) is 0 Å². The lowest BCUT2D eigenvalue weighted by atomic mass is 9.97. The topological polar surface area (TPSA) is 12.0 Å². The van der Waals surface area contributed by atoms with Crippen LogP contribution in [0.4, 0.5) is 0 Å². The second-order valence-electron chi connectivity index (χ2n) is 4.03. The first kappa shape index (κ1) is 11.5. The Bertz CT molecular complexity index is 283. The zero-order chi connectivity index (χ0) is 10.6. The van der Waals surface area contributed by atoms with Gasteiger partial charge in [-0.05, 0) is 37.1 Å². The van der Waals surface area contributed by atoms with Crippen LogP contribution < -0.4 is 5.32 Å². The normalized spacial score (nSPS) is 13.2. The molecule has 0 saturated carbocycles. The maximum absolute atomic E-state index is 5.95. The molecular weight excluding hydrogens is 194 g/mol. The maximum atomic E-state index is 5.95. The van der Waals surface area contributed by atoms with Crippen LogP contribution in [-0.4, -0.2) is 7.05 Å².